The lowest BCUT2D eigenvalue weighted by Crippen LogP contribution is -2.37. The Balaban J connectivity index is 1.18. The minimum Gasteiger partial charge on any atom is -0.236 e. The highest BCUT2D eigenvalue weighted by Gasteiger charge is 2.16. The van der Waals surface area contributed by atoms with Crippen LogP contribution in [0.5, 0.6) is 0 Å². The predicted octanol–water partition coefficient (Wildman–Crippen LogP) is 10.7. The topological polar surface area (TPSA) is 12.9 Å². The molecule has 0 unspecified atom stereocenters. The van der Waals surface area contributed by atoms with Crippen molar-refractivity contribution >= 4 is 45.6 Å². The number of hydrogen-bond acceptors (Lipinski definition) is 2. The van der Waals surface area contributed by atoms with Crippen LogP contribution in [0.25, 0.3) is 64.9 Å². The molecule has 0 amide bonds. The Bertz CT molecular complexity index is 1960. The summed E-state index contributed by atoms with van der Waals surface area (Å²) in [7, 11) is -1.28. The van der Waals surface area contributed by atoms with Crippen LogP contribution in [0, 0.1) is 0 Å². The summed E-state index contributed by atoms with van der Waals surface area (Å²) in [6.07, 6.45) is 0. The maximum Gasteiger partial charge on any atom is 0.125 e. The van der Waals surface area contributed by atoms with Crippen LogP contribution in [0.4, 0.5) is 0 Å². The summed E-state index contributed by atoms with van der Waals surface area (Å²) in [6.45, 7) is 7.18. The van der Waals surface area contributed by atoms with Crippen molar-refractivity contribution in [1.82, 2.24) is 4.98 Å². The second kappa shape index (κ2) is 10.3. The molecule has 6 aromatic carbocycles. The van der Waals surface area contributed by atoms with Gasteiger partial charge in [-0.2, -0.15) is 0 Å². The highest BCUT2D eigenvalue weighted by atomic mass is 32.1. The van der Waals surface area contributed by atoms with E-state index in [1.807, 2.05) is 0 Å². The van der Waals surface area contributed by atoms with Crippen LogP contribution in [-0.2, 0) is 0 Å². The van der Waals surface area contributed by atoms with Crippen LogP contribution in [-0.4, -0.2) is 13.1 Å². The summed E-state index contributed by atoms with van der Waals surface area (Å²) in [5.74, 6) is 0. The fourth-order valence-corrected chi connectivity index (χ4v) is 7.76. The highest BCUT2D eigenvalue weighted by Crippen LogP contribution is 2.39. The van der Waals surface area contributed by atoms with Gasteiger partial charge in [0.2, 0.25) is 0 Å². The van der Waals surface area contributed by atoms with E-state index in [0.29, 0.717) is 0 Å². The molecular weight excluding hydrogens is 531 g/mol. The molecular formula is C38H31NSSi. The number of nitrogens with zero attached hydrogens (tertiary/aromatic N) is 1. The van der Waals surface area contributed by atoms with Crippen molar-refractivity contribution in [2.45, 2.75) is 19.6 Å². The maximum atomic E-state index is 4.94. The van der Waals surface area contributed by atoms with Gasteiger partial charge in [-0.15, -0.1) is 11.3 Å². The molecule has 0 saturated carbocycles. The lowest BCUT2D eigenvalue weighted by molar-refractivity contribution is 1.49. The zero-order valence-corrected chi connectivity index (χ0v) is 25.4. The zero-order chi connectivity index (χ0) is 28.0. The first-order valence-corrected chi connectivity index (χ1v) is 18.5. The Labute approximate surface area is 246 Å². The van der Waals surface area contributed by atoms with E-state index < -0.39 is 8.07 Å². The van der Waals surface area contributed by atoms with Gasteiger partial charge in [-0.05, 0) is 56.3 Å². The van der Waals surface area contributed by atoms with Gasteiger partial charge < -0.3 is 0 Å². The first-order chi connectivity index (χ1) is 19.9. The van der Waals surface area contributed by atoms with Crippen LogP contribution in [0.3, 0.4) is 0 Å². The molecule has 0 aliphatic carbocycles. The van der Waals surface area contributed by atoms with E-state index in [-0.39, 0.29) is 0 Å². The molecule has 0 atom stereocenters. The highest BCUT2D eigenvalue weighted by molar-refractivity contribution is 7.21. The van der Waals surface area contributed by atoms with E-state index in [1.165, 1.54) is 59.6 Å². The van der Waals surface area contributed by atoms with Gasteiger partial charge in [-0.25, -0.2) is 4.98 Å². The second-order valence-corrected chi connectivity index (χ2v) is 17.8. The van der Waals surface area contributed by atoms with Crippen LogP contribution < -0.4 is 5.19 Å². The molecule has 3 heteroatoms. The third-order valence-corrected chi connectivity index (χ3v) is 11.1. The third kappa shape index (κ3) is 4.92. The van der Waals surface area contributed by atoms with Gasteiger partial charge in [0.15, 0.2) is 0 Å². The van der Waals surface area contributed by atoms with E-state index in [0.717, 1.165) is 10.5 Å². The molecule has 0 N–H and O–H groups in total. The zero-order valence-electron chi connectivity index (χ0n) is 23.6. The van der Waals surface area contributed by atoms with E-state index in [2.05, 4.69) is 153 Å². The van der Waals surface area contributed by atoms with E-state index in [1.54, 1.807) is 11.3 Å². The molecule has 0 aliphatic rings. The van der Waals surface area contributed by atoms with E-state index in [9.17, 15) is 0 Å². The Hall–Kier alpha value is -4.31. The SMILES string of the molecule is C[Si](C)(C)c1ccc(-c2ccc(-c3ccc(-c4ccc(-c5nc6ccccc6s5)c5ccccc45)cc3)cc2)cc1. The first kappa shape index (κ1) is 25.6. The molecule has 0 saturated heterocycles. The molecule has 1 aromatic heterocycles. The minimum absolute atomic E-state index is 1.06. The molecule has 7 rings (SSSR count). The second-order valence-electron chi connectivity index (χ2n) is 11.7. The molecule has 0 aliphatic heterocycles. The first-order valence-electron chi connectivity index (χ1n) is 14.1. The molecule has 1 nitrogen and oxygen atoms in total. The summed E-state index contributed by atoms with van der Waals surface area (Å²) in [6, 6.07) is 48.6. The smallest absolute Gasteiger partial charge is 0.125 e. The van der Waals surface area contributed by atoms with Crippen LogP contribution in [0.1, 0.15) is 0 Å². The van der Waals surface area contributed by atoms with Gasteiger partial charge in [-0.1, -0.05) is 146 Å². The third-order valence-electron chi connectivity index (χ3n) is 7.95. The number of para-hydroxylation sites is 1. The Morgan fingerprint density at radius 1 is 0.463 bits per heavy atom. The molecule has 0 bridgehead atoms. The predicted molar refractivity (Wildman–Crippen MR) is 182 cm³/mol. The average Bonchev–Trinajstić information content (AvgIpc) is 3.45. The largest absolute Gasteiger partial charge is 0.236 e. The van der Waals surface area contributed by atoms with Gasteiger partial charge >= 0.3 is 0 Å². The molecule has 0 fully saturated rings. The number of hydrogen-bond donors (Lipinski definition) is 0. The van der Waals surface area contributed by atoms with Crippen molar-refractivity contribution in [3.63, 3.8) is 0 Å². The summed E-state index contributed by atoms with van der Waals surface area (Å²) < 4.78 is 1.22. The van der Waals surface area contributed by atoms with Crippen molar-refractivity contribution < 1.29 is 0 Å². The van der Waals surface area contributed by atoms with Gasteiger partial charge in [0, 0.05) is 5.56 Å². The maximum absolute atomic E-state index is 4.94. The fourth-order valence-electron chi connectivity index (χ4n) is 5.58. The summed E-state index contributed by atoms with van der Waals surface area (Å²) in [5.41, 5.74) is 9.71. The van der Waals surface area contributed by atoms with Gasteiger partial charge in [0.05, 0.1) is 18.3 Å². The molecule has 7 aromatic rings. The minimum atomic E-state index is -1.28. The van der Waals surface area contributed by atoms with Crippen molar-refractivity contribution in [2.24, 2.45) is 0 Å². The Morgan fingerprint density at radius 3 is 1.49 bits per heavy atom. The standard InChI is InChI=1S/C38H31NSSi/c1-41(2,3)31-22-20-29(21-23-31)27-14-12-26(13-15-27)28-16-18-30(19-17-28)32-24-25-35(34-9-5-4-8-33(32)34)38-39-36-10-6-7-11-37(36)40-38/h4-25H,1-3H3. The van der Waals surface area contributed by atoms with Crippen LogP contribution in [0.15, 0.2) is 133 Å². The van der Waals surface area contributed by atoms with Crippen molar-refractivity contribution in [2.75, 3.05) is 0 Å². The number of thiazole rings is 1. The van der Waals surface area contributed by atoms with Crippen LogP contribution in [0.2, 0.25) is 19.6 Å². The van der Waals surface area contributed by atoms with Gasteiger partial charge in [-0.3, -0.25) is 0 Å². The van der Waals surface area contributed by atoms with Crippen molar-refractivity contribution in [3.05, 3.63) is 133 Å². The Morgan fingerprint density at radius 2 is 0.927 bits per heavy atom. The van der Waals surface area contributed by atoms with E-state index >= 15 is 0 Å². The van der Waals surface area contributed by atoms with Crippen molar-refractivity contribution in [3.8, 4) is 44.0 Å². The monoisotopic (exact) mass is 561 g/mol. The lowest BCUT2D eigenvalue weighted by Gasteiger charge is -2.16. The molecule has 1 heterocycles. The molecule has 0 radical (unpaired) electrons. The Kier molecular flexibility index (Phi) is 6.42. The summed E-state index contributed by atoms with van der Waals surface area (Å²) in [5, 5.41) is 5.06. The number of aromatic nitrogens is 1. The number of fused-ring (bicyclic) bond motifs is 2. The number of rotatable bonds is 5. The molecule has 41 heavy (non-hydrogen) atoms. The average molecular weight is 562 g/mol. The number of benzene rings is 6. The summed E-state index contributed by atoms with van der Waals surface area (Å²) in [4.78, 5) is 4.94. The molecule has 198 valence electrons. The van der Waals surface area contributed by atoms with E-state index in [4.69, 9.17) is 4.98 Å². The molecule has 0 spiro atoms. The normalized spacial score (nSPS) is 11.8. The van der Waals surface area contributed by atoms with Crippen LogP contribution >= 0.6 is 11.3 Å². The van der Waals surface area contributed by atoms with Gasteiger partial charge in [0.25, 0.3) is 0 Å². The fraction of sp³-hybridized carbons (Fsp3) is 0.0789. The van der Waals surface area contributed by atoms with Gasteiger partial charge in [0.1, 0.15) is 5.01 Å². The quantitative estimate of drug-likeness (QED) is 0.190. The van der Waals surface area contributed by atoms with Crippen molar-refractivity contribution in [1.29, 1.82) is 0 Å². The lowest BCUT2D eigenvalue weighted by atomic mass is 9.93. The summed E-state index contributed by atoms with van der Waals surface area (Å²) >= 11 is 1.76.